The number of nitrogens with one attached hydrogen (secondary N) is 1. The van der Waals surface area contributed by atoms with Gasteiger partial charge < -0.3 is 16.2 Å². The van der Waals surface area contributed by atoms with Crippen LogP contribution in [-0.2, 0) is 0 Å². The standard InChI is InChI=1S/C16H17FN2O2/c1-9(2)10-3-5-11(6-4-10)19-15-8-13(17)12(16(20)21)7-14(15)18/h3-9,19H,18H2,1-2H3,(H,20,21). The quantitative estimate of drug-likeness (QED) is 0.744. The van der Waals surface area contributed by atoms with Crippen molar-refractivity contribution in [2.75, 3.05) is 11.1 Å². The third-order valence-electron chi connectivity index (χ3n) is 3.23. The number of nitrogen functional groups attached to an aromatic ring is 1. The minimum atomic E-state index is -1.34. The number of carbonyl (C=O) groups is 1. The Morgan fingerprint density at radius 2 is 1.86 bits per heavy atom. The Hall–Kier alpha value is -2.56. The minimum Gasteiger partial charge on any atom is -0.478 e. The van der Waals surface area contributed by atoms with Gasteiger partial charge in [-0.3, -0.25) is 0 Å². The summed E-state index contributed by atoms with van der Waals surface area (Å²) < 4.78 is 13.7. The van der Waals surface area contributed by atoms with Crippen LogP contribution in [0.15, 0.2) is 36.4 Å². The lowest BCUT2D eigenvalue weighted by molar-refractivity contribution is 0.0692. The number of hydrogen-bond donors (Lipinski definition) is 3. The van der Waals surface area contributed by atoms with Crippen LogP contribution in [0.25, 0.3) is 0 Å². The number of hydrogen-bond acceptors (Lipinski definition) is 3. The maximum atomic E-state index is 13.7. The molecular formula is C16H17FN2O2. The average Bonchev–Trinajstić information content (AvgIpc) is 2.42. The predicted molar refractivity (Wildman–Crippen MR) is 81.6 cm³/mol. The Kier molecular flexibility index (Phi) is 4.12. The highest BCUT2D eigenvalue weighted by Gasteiger charge is 2.13. The van der Waals surface area contributed by atoms with E-state index in [4.69, 9.17) is 10.8 Å². The molecule has 2 rings (SSSR count). The summed E-state index contributed by atoms with van der Waals surface area (Å²) in [4.78, 5) is 10.8. The number of halogens is 1. The minimum absolute atomic E-state index is 0.182. The molecule has 21 heavy (non-hydrogen) atoms. The summed E-state index contributed by atoms with van der Waals surface area (Å²) in [5.74, 6) is -1.73. The van der Waals surface area contributed by atoms with Gasteiger partial charge in [0.05, 0.1) is 16.9 Å². The van der Waals surface area contributed by atoms with Crippen LogP contribution in [0.4, 0.5) is 21.5 Å². The van der Waals surface area contributed by atoms with Crippen molar-refractivity contribution in [2.45, 2.75) is 19.8 Å². The number of anilines is 3. The van der Waals surface area contributed by atoms with Gasteiger partial charge in [0.15, 0.2) is 0 Å². The summed E-state index contributed by atoms with van der Waals surface area (Å²) in [6.45, 7) is 4.20. The Morgan fingerprint density at radius 1 is 1.24 bits per heavy atom. The van der Waals surface area contributed by atoms with Crippen molar-refractivity contribution in [3.63, 3.8) is 0 Å². The highest BCUT2D eigenvalue weighted by Crippen LogP contribution is 2.27. The average molecular weight is 288 g/mol. The maximum Gasteiger partial charge on any atom is 0.338 e. The van der Waals surface area contributed by atoms with Gasteiger partial charge in [-0.1, -0.05) is 26.0 Å². The summed E-state index contributed by atoms with van der Waals surface area (Å²) in [7, 11) is 0. The third kappa shape index (κ3) is 3.31. The Bertz CT molecular complexity index is 667. The van der Waals surface area contributed by atoms with E-state index in [0.29, 0.717) is 11.6 Å². The highest BCUT2D eigenvalue weighted by atomic mass is 19.1. The van der Waals surface area contributed by atoms with E-state index in [0.717, 1.165) is 17.8 Å². The van der Waals surface area contributed by atoms with Crippen molar-refractivity contribution < 1.29 is 14.3 Å². The van der Waals surface area contributed by atoms with Crippen molar-refractivity contribution in [3.05, 3.63) is 53.3 Å². The molecule has 0 unspecified atom stereocenters. The smallest absolute Gasteiger partial charge is 0.338 e. The first kappa shape index (κ1) is 14.8. The van der Waals surface area contributed by atoms with E-state index in [9.17, 15) is 9.18 Å². The van der Waals surface area contributed by atoms with Gasteiger partial charge in [0.25, 0.3) is 0 Å². The molecule has 0 heterocycles. The van der Waals surface area contributed by atoms with Crippen LogP contribution >= 0.6 is 0 Å². The second-order valence-corrected chi connectivity index (χ2v) is 5.13. The zero-order valence-corrected chi connectivity index (χ0v) is 11.9. The number of benzene rings is 2. The molecule has 0 aromatic heterocycles. The molecule has 0 amide bonds. The van der Waals surface area contributed by atoms with Crippen LogP contribution in [0.1, 0.15) is 35.7 Å². The number of nitrogens with two attached hydrogens (primary N) is 1. The third-order valence-corrected chi connectivity index (χ3v) is 3.23. The summed E-state index contributed by atoms with van der Waals surface area (Å²) in [5.41, 5.74) is 7.80. The van der Waals surface area contributed by atoms with Gasteiger partial charge >= 0.3 is 5.97 Å². The SMILES string of the molecule is CC(C)c1ccc(Nc2cc(F)c(C(=O)O)cc2N)cc1. The summed E-state index contributed by atoms with van der Waals surface area (Å²) >= 11 is 0. The summed E-state index contributed by atoms with van der Waals surface area (Å²) in [5, 5.41) is 11.8. The van der Waals surface area contributed by atoms with Gasteiger partial charge in [0.2, 0.25) is 0 Å². The van der Waals surface area contributed by atoms with E-state index >= 15 is 0 Å². The van der Waals surface area contributed by atoms with Gasteiger partial charge in [-0.05, 0) is 29.7 Å². The second kappa shape index (κ2) is 5.83. The van der Waals surface area contributed by atoms with E-state index in [2.05, 4.69) is 19.2 Å². The Morgan fingerprint density at radius 3 is 2.38 bits per heavy atom. The predicted octanol–water partition coefficient (Wildman–Crippen LogP) is 3.97. The van der Waals surface area contributed by atoms with Crippen molar-refractivity contribution in [2.24, 2.45) is 0 Å². The topological polar surface area (TPSA) is 75.3 Å². The Labute approximate surface area is 122 Å². The van der Waals surface area contributed by atoms with Crippen molar-refractivity contribution in [1.82, 2.24) is 0 Å². The van der Waals surface area contributed by atoms with E-state index in [1.54, 1.807) is 0 Å². The molecule has 0 bridgehead atoms. The van der Waals surface area contributed by atoms with Crippen LogP contribution in [-0.4, -0.2) is 11.1 Å². The number of carboxylic acid groups (broad SMARTS) is 1. The highest BCUT2D eigenvalue weighted by molar-refractivity contribution is 5.91. The van der Waals surface area contributed by atoms with Crippen LogP contribution in [0.5, 0.6) is 0 Å². The molecule has 5 heteroatoms. The molecule has 4 nitrogen and oxygen atoms in total. The number of aromatic carboxylic acids is 1. The van der Waals surface area contributed by atoms with Gasteiger partial charge in [-0.15, -0.1) is 0 Å². The second-order valence-electron chi connectivity index (χ2n) is 5.13. The van der Waals surface area contributed by atoms with Gasteiger partial charge in [-0.25, -0.2) is 9.18 Å². The van der Waals surface area contributed by atoms with Gasteiger partial charge in [0.1, 0.15) is 5.82 Å². The van der Waals surface area contributed by atoms with Gasteiger partial charge in [0, 0.05) is 11.8 Å². The van der Waals surface area contributed by atoms with E-state index in [1.165, 1.54) is 5.56 Å². The van der Waals surface area contributed by atoms with Gasteiger partial charge in [-0.2, -0.15) is 0 Å². The normalized spacial score (nSPS) is 10.7. The molecule has 0 saturated carbocycles. The first-order chi connectivity index (χ1) is 9.88. The molecule has 0 aliphatic rings. The molecule has 4 N–H and O–H groups in total. The lowest BCUT2D eigenvalue weighted by Gasteiger charge is -2.12. The van der Waals surface area contributed by atoms with Crippen molar-refractivity contribution in [3.8, 4) is 0 Å². The first-order valence-electron chi connectivity index (χ1n) is 6.57. The van der Waals surface area contributed by atoms with Crippen LogP contribution in [0.2, 0.25) is 0 Å². The van der Waals surface area contributed by atoms with Crippen molar-refractivity contribution in [1.29, 1.82) is 0 Å². The molecule has 0 atom stereocenters. The zero-order valence-electron chi connectivity index (χ0n) is 11.9. The van der Waals surface area contributed by atoms with E-state index < -0.39 is 17.3 Å². The van der Waals surface area contributed by atoms with E-state index in [-0.39, 0.29) is 5.69 Å². The molecule has 0 aliphatic heterocycles. The maximum absolute atomic E-state index is 13.7. The fourth-order valence-electron chi connectivity index (χ4n) is 1.97. The van der Waals surface area contributed by atoms with Crippen LogP contribution in [0, 0.1) is 5.82 Å². The Balaban J connectivity index is 2.27. The number of carboxylic acids is 1. The summed E-state index contributed by atoms with van der Waals surface area (Å²) in [6, 6.07) is 9.91. The molecule has 2 aromatic rings. The molecule has 0 saturated heterocycles. The fraction of sp³-hybridized carbons (Fsp3) is 0.188. The lowest BCUT2D eigenvalue weighted by atomic mass is 10.0. The lowest BCUT2D eigenvalue weighted by Crippen LogP contribution is -2.05. The molecule has 110 valence electrons. The van der Waals surface area contributed by atoms with Crippen molar-refractivity contribution >= 4 is 23.0 Å². The monoisotopic (exact) mass is 288 g/mol. The molecule has 0 radical (unpaired) electrons. The molecule has 2 aromatic carbocycles. The number of rotatable bonds is 4. The largest absolute Gasteiger partial charge is 0.478 e. The van der Waals surface area contributed by atoms with Crippen LogP contribution in [0.3, 0.4) is 0 Å². The van der Waals surface area contributed by atoms with Crippen LogP contribution < -0.4 is 11.1 Å². The molecule has 0 fully saturated rings. The fourth-order valence-corrected chi connectivity index (χ4v) is 1.97. The molecule has 0 aliphatic carbocycles. The van der Waals surface area contributed by atoms with E-state index in [1.807, 2.05) is 24.3 Å². The molecular weight excluding hydrogens is 271 g/mol. The molecule has 0 spiro atoms. The summed E-state index contributed by atoms with van der Waals surface area (Å²) in [6.07, 6.45) is 0. The zero-order chi connectivity index (χ0) is 15.6. The first-order valence-corrected chi connectivity index (χ1v) is 6.57.